The van der Waals surface area contributed by atoms with Crippen LogP contribution in [-0.4, -0.2) is 10.6 Å². The molecule has 1 aromatic rings. The Morgan fingerprint density at radius 2 is 2.00 bits per heavy atom. The van der Waals surface area contributed by atoms with Gasteiger partial charge in [0.25, 0.3) is 0 Å². The Bertz CT molecular complexity index is 410. The van der Waals surface area contributed by atoms with Crippen molar-refractivity contribution in [3.63, 3.8) is 0 Å². The molecule has 14 heavy (non-hydrogen) atoms. The maximum absolute atomic E-state index is 11.7. The monoisotopic (exact) mass is 314 g/mol. The van der Waals surface area contributed by atoms with Gasteiger partial charge < -0.3 is 0 Å². The molecule has 3 heteroatoms. The van der Waals surface area contributed by atoms with Crippen molar-refractivity contribution in [2.75, 3.05) is 0 Å². The first-order valence-electron chi connectivity index (χ1n) is 4.32. The van der Waals surface area contributed by atoms with Crippen LogP contribution in [0.3, 0.4) is 0 Å². The zero-order valence-electron chi connectivity index (χ0n) is 7.34. The van der Waals surface area contributed by atoms with Gasteiger partial charge in [0, 0.05) is 10.0 Å². The lowest BCUT2D eigenvalue weighted by Gasteiger charge is -2.06. The summed E-state index contributed by atoms with van der Waals surface area (Å²) in [6, 6.07) is 7.73. The van der Waals surface area contributed by atoms with Crippen LogP contribution in [0.5, 0.6) is 0 Å². The number of carbonyl (C=O) groups is 1. The fourth-order valence-electron chi connectivity index (χ4n) is 1.52. The number of ketones is 1. The number of hydrogen-bond acceptors (Lipinski definition) is 1. The number of fused-ring (bicyclic) bond motifs is 1. The van der Waals surface area contributed by atoms with E-state index in [1.807, 2.05) is 24.3 Å². The molecule has 2 rings (SSSR count). The average molecular weight is 316 g/mol. The first-order chi connectivity index (χ1) is 6.68. The van der Waals surface area contributed by atoms with Gasteiger partial charge in [-0.05, 0) is 18.1 Å². The van der Waals surface area contributed by atoms with Crippen molar-refractivity contribution < 1.29 is 4.79 Å². The number of allylic oxidation sites excluding steroid dienone is 2. The predicted molar refractivity (Wildman–Crippen MR) is 64.2 cm³/mol. The Hall–Kier alpha value is -0.410. The minimum Gasteiger partial charge on any atom is -0.289 e. The van der Waals surface area contributed by atoms with Crippen LogP contribution < -0.4 is 0 Å². The van der Waals surface area contributed by atoms with Crippen LogP contribution in [0, 0.1) is 0 Å². The molecular formula is C11H8Br2O. The third-order valence-electron chi connectivity index (χ3n) is 2.25. The van der Waals surface area contributed by atoms with Gasteiger partial charge in [-0.25, -0.2) is 0 Å². The van der Waals surface area contributed by atoms with E-state index in [4.69, 9.17) is 0 Å². The molecule has 1 nitrogen and oxygen atoms in total. The van der Waals surface area contributed by atoms with E-state index in [2.05, 4.69) is 31.9 Å². The Morgan fingerprint density at radius 3 is 2.79 bits per heavy atom. The minimum absolute atomic E-state index is 0.0782. The summed E-state index contributed by atoms with van der Waals surface area (Å²) in [7, 11) is 0. The lowest BCUT2D eigenvalue weighted by molar-refractivity contribution is 0.104. The molecule has 0 saturated carbocycles. The number of alkyl halides is 1. The van der Waals surface area contributed by atoms with Gasteiger partial charge >= 0.3 is 0 Å². The number of rotatable bonds is 0. The molecule has 1 aromatic carbocycles. The molecule has 1 aliphatic rings. The van der Waals surface area contributed by atoms with Crippen LogP contribution in [0.1, 0.15) is 15.9 Å². The van der Waals surface area contributed by atoms with Crippen molar-refractivity contribution in [1.29, 1.82) is 0 Å². The predicted octanol–water partition coefficient (Wildman–Crippen LogP) is 3.47. The lowest BCUT2D eigenvalue weighted by atomic mass is 10.0. The summed E-state index contributed by atoms with van der Waals surface area (Å²) >= 11 is 6.93. The van der Waals surface area contributed by atoms with Crippen molar-refractivity contribution in [2.45, 2.75) is 11.2 Å². The summed E-state index contributed by atoms with van der Waals surface area (Å²) in [5.74, 6) is 0.0782. The summed E-state index contributed by atoms with van der Waals surface area (Å²) in [5, 5.41) is 0. The Kier molecular flexibility index (Phi) is 2.88. The summed E-state index contributed by atoms with van der Waals surface area (Å²) in [6.07, 6.45) is 2.49. The summed E-state index contributed by atoms with van der Waals surface area (Å²) in [4.78, 5) is 11.9. The standard InChI is InChI=1S/C11H8Br2O/c12-9-5-7-3-1-2-4-8(7)11(14)6-10(9)13/h1-4,6,9H,5H2. The second-order valence-corrected chi connectivity index (χ2v) is 5.24. The molecule has 1 aliphatic carbocycles. The SMILES string of the molecule is O=C1C=C(Br)C(Br)Cc2ccccc21. The van der Waals surface area contributed by atoms with E-state index < -0.39 is 0 Å². The van der Waals surface area contributed by atoms with E-state index in [1.165, 1.54) is 0 Å². The molecule has 1 atom stereocenters. The third-order valence-corrected chi connectivity index (χ3v) is 4.46. The molecule has 0 bridgehead atoms. The van der Waals surface area contributed by atoms with Gasteiger partial charge in [0.05, 0.1) is 4.83 Å². The van der Waals surface area contributed by atoms with Gasteiger partial charge in [0.2, 0.25) is 0 Å². The van der Waals surface area contributed by atoms with Crippen molar-refractivity contribution in [2.24, 2.45) is 0 Å². The highest BCUT2D eigenvalue weighted by Gasteiger charge is 2.19. The Balaban J connectivity index is 2.53. The second kappa shape index (κ2) is 3.99. The largest absolute Gasteiger partial charge is 0.289 e. The molecule has 72 valence electrons. The molecule has 0 N–H and O–H groups in total. The number of hydrogen-bond donors (Lipinski definition) is 0. The van der Waals surface area contributed by atoms with Crippen molar-refractivity contribution in [3.8, 4) is 0 Å². The summed E-state index contributed by atoms with van der Waals surface area (Å²) < 4.78 is 0.915. The van der Waals surface area contributed by atoms with Crippen LogP contribution in [0.2, 0.25) is 0 Å². The van der Waals surface area contributed by atoms with E-state index in [0.717, 1.165) is 22.0 Å². The van der Waals surface area contributed by atoms with Gasteiger partial charge in [-0.3, -0.25) is 4.79 Å². The molecule has 0 aromatic heterocycles. The third kappa shape index (κ3) is 1.84. The molecule has 0 heterocycles. The summed E-state index contributed by atoms with van der Waals surface area (Å²) in [5.41, 5.74) is 1.91. The van der Waals surface area contributed by atoms with E-state index in [0.29, 0.717) is 0 Å². The maximum Gasteiger partial charge on any atom is 0.186 e. The molecule has 0 amide bonds. The Labute approximate surface area is 99.5 Å². The number of halogens is 2. The van der Waals surface area contributed by atoms with Crippen molar-refractivity contribution >= 4 is 37.6 Å². The molecular weight excluding hydrogens is 308 g/mol. The average Bonchev–Trinajstić information content (AvgIpc) is 2.27. The number of carbonyl (C=O) groups excluding carboxylic acids is 1. The minimum atomic E-state index is 0.0782. The highest BCUT2D eigenvalue weighted by Crippen LogP contribution is 2.28. The zero-order chi connectivity index (χ0) is 10.1. The zero-order valence-corrected chi connectivity index (χ0v) is 10.5. The highest BCUT2D eigenvalue weighted by molar-refractivity contribution is 9.14. The quantitative estimate of drug-likeness (QED) is 0.670. The Morgan fingerprint density at radius 1 is 1.29 bits per heavy atom. The molecule has 0 radical (unpaired) electrons. The van der Waals surface area contributed by atoms with Crippen LogP contribution in [-0.2, 0) is 6.42 Å². The van der Waals surface area contributed by atoms with Gasteiger partial charge in [0.1, 0.15) is 0 Å². The first-order valence-corrected chi connectivity index (χ1v) is 6.03. The van der Waals surface area contributed by atoms with Crippen LogP contribution >= 0.6 is 31.9 Å². The van der Waals surface area contributed by atoms with Gasteiger partial charge in [-0.2, -0.15) is 0 Å². The molecule has 0 fully saturated rings. The van der Waals surface area contributed by atoms with Crippen molar-refractivity contribution in [1.82, 2.24) is 0 Å². The van der Waals surface area contributed by atoms with Crippen molar-refractivity contribution in [3.05, 3.63) is 46.0 Å². The molecule has 0 spiro atoms. The highest BCUT2D eigenvalue weighted by atomic mass is 79.9. The molecule has 0 aliphatic heterocycles. The summed E-state index contributed by atoms with van der Waals surface area (Å²) in [6.45, 7) is 0. The van der Waals surface area contributed by atoms with Gasteiger partial charge in [0.15, 0.2) is 5.78 Å². The van der Waals surface area contributed by atoms with Crippen LogP contribution in [0.15, 0.2) is 34.8 Å². The maximum atomic E-state index is 11.7. The van der Waals surface area contributed by atoms with Crippen LogP contribution in [0.4, 0.5) is 0 Å². The van der Waals surface area contributed by atoms with E-state index in [-0.39, 0.29) is 10.6 Å². The number of benzene rings is 1. The van der Waals surface area contributed by atoms with Crippen LogP contribution in [0.25, 0.3) is 0 Å². The topological polar surface area (TPSA) is 17.1 Å². The van der Waals surface area contributed by atoms with E-state index >= 15 is 0 Å². The lowest BCUT2D eigenvalue weighted by Crippen LogP contribution is -2.02. The van der Waals surface area contributed by atoms with Gasteiger partial charge in [-0.1, -0.05) is 56.1 Å². The normalized spacial score (nSPS) is 21.1. The van der Waals surface area contributed by atoms with E-state index in [9.17, 15) is 4.79 Å². The fraction of sp³-hybridized carbons (Fsp3) is 0.182. The smallest absolute Gasteiger partial charge is 0.186 e. The second-order valence-electron chi connectivity index (χ2n) is 3.22. The van der Waals surface area contributed by atoms with E-state index in [1.54, 1.807) is 6.08 Å². The molecule has 0 saturated heterocycles. The molecule has 1 unspecified atom stereocenters. The van der Waals surface area contributed by atoms with Gasteiger partial charge in [-0.15, -0.1) is 0 Å². The first kappa shape index (κ1) is 10.1. The fourth-order valence-corrected chi connectivity index (χ4v) is 2.37.